The molecule has 0 aliphatic carbocycles. The van der Waals surface area contributed by atoms with Gasteiger partial charge in [0.1, 0.15) is 11.6 Å². The average molecular weight is 245 g/mol. The van der Waals surface area contributed by atoms with Gasteiger partial charge in [0, 0.05) is 18.9 Å². The molecule has 0 heterocycles. The second kappa shape index (κ2) is 5.43. The lowest BCUT2D eigenvalue weighted by Crippen LogP contribution is -2.17. The van der Waals surface area contributed by atoms with Crippen LogP contribution in [0.4, 0.5) is 11.4 Å². The van der Waals surface area contributed by atoms with Crippen LogP contribution >= 0.6 is 11.6 Å². The zero-order chi connectivity index (χ0) is 12.1. The third kappa shape index (κ3) is 3.18. The van der Waals surface area contributed by atoms with Gasteiger partial charge in [-0.05, 0) is 12.1 Å². The van der Waals surface area contributed by atoms with Crippen molar-refractivity contribution in [2.75, 3.05) is 19.0 Å². The highest BCUT2D eigenvalue weighted by Gasteiger charge is 2.12. The first-order valence-electron chi connectivity index (χ1n) is 4.27. The lowest BCUT2D eigenvalue weighted by molar-refractivity contribution is -0.384. The number of nitro groups is 1. The molecule has 16 heavy (non-hydrogen) atoms. The van der Waals surface area contributed by atoms with Gasteiger partial charge in [0.15, 0.2) is 0 Å². The summed E-state index contributed by atoms with van der Waals surface area (Å²) in [5.74, 6) is -0.354. The Labute approximate surface area is 96.3 Å². The summed E-state index contributed by atoms with van der Waals surface area (Å²) in [7, 11) is 1.39. The number of carbonyl (C=O) groups excluding carboxylic acids is 1. The molecule has 0 aromatic heterocycles. The van der Waals surface area contributed by atoms with Gasteiger partial charge in [-0.2, -0.15) is 0 Å². The number of carbonyl (C=O) groups is 1. The molecule has 0 radical (unpaired) electrons. The van der Waals surface area contributed by atoms with Crippen LogP contribution in [-0.4, -0.2) is 24.5 Å². The van der Waals surface area contributed by atoms with Crippen LogP contribution in [0.25, 0.3) is 0 Å². The van der Waals surface area contributed by atoms with Gasteiger partial charge in [0.05, 0.1) is 4.92 Å². The van der Waals surface area contributed by atoms with Crippen molar-refractivity contribution in [1.82, 2.24) is 0 Å². The van der Waals surface area contributed by atoms with E-state index in [0.29, 0.717) is 5.69 Å². The number of ether oxygens (including phenoxy) is 1. The molecule has 7 heteroatoms. The SMILES string of the molecule is COCC(=O)Nc1ccc([N+](=O)[O-])c(Cl)c1. The highest BCUT2D eigenvalue weighted by atomic mass is 35.5. The van der Waals surface area contributed by atoms with Gasteiger partial charge in [-0.15, -0.1) is 0 Å². The predicted octanol–water partition coefficient (Wildman–Crippen LogP) is 1.83. The molecular weight excluding hydrogens is 236 g/mol. The summed E-state index contributed by atoms with van der Waals surface area (Å²) >= 11 is 5.66. The Morgan fingerprint density at radius 1 is 1.62 bits per heavy atom. The zero-order valence-electron chi connectivity index (χ0n) is 8.40. The van der Waals surface area contributed by atoms with E-state index in [1.54, 1.807) is 0 Å². The number of methoxy groups -OCH3 is 1. The van der Waals surface area contributed by atoms with Crippen molar-refractivity contribution in [2.45, 2.75) is 0 Å². The Morgan fingerprint density at radius 2 is 2.31 bits per heavy atom. The van der Waals surface area contributed by atoms with Gasteiger partial charge in [-0.3, -0.25) is 14.9 Å². The van der Waals surface area contributed by atoms with Gasteiger partial charge >= 0.3 is 0 Å². The Bertz CT molecular complexity index is 422. The molecule has 0 saturated heterocycles. The van der Waals surface area contributed by atoms with E-state index in [2.05, 4.69) is 10.1 Å². The minimum Gasteiger partial charge on any atom is -0.375 e. The normalized spacial score (nSPS) is 9.88. The van der Waals surface area contributed by atoms with Crippen molar-refractivity contribution in [2.24, 2.45) is 0 Å². The molecule has 86 valence electrons. The van der Waals surface area contributed by atoms with Crippen LogP contribution in [0.5, 0.6) is 0 Å². The van der Waals surface area contributed by atoms with Crippen LogP contribution in [0.1, 0.15) is 0 Å². The number of rotatable bonds is 4. The summed E-state index contributed by atoms with van der Waals surface area (Å²) in [6.45, 7) is -0.0887. The molecule has 0 aliphatic rings. The van der Waals surface area contributed by atoms with Crippen LogP contribution in [0.15, 0.2) is 18.2 Å². The minimum atomic E-state index is -0.594. The van der Waals surface area contributed by atoms with Crippen LogP contribution < -0.4 is 5.32 Å². The Kier molecular flexibility index (Phi) is 4.21. The molecule has 1 aromatic carbocycles. The number of nitrogens with zero attached hydrogens (tertiary/aromatic N) is 1. The fraction of sp³-hybridized carbons (Fsp3) is 0.222. The van der Waals surface area contributed by atoms with Crippen molar-refractivity contribution in [1.29, 1.82) is 0 Å². The van der Waals surface area contributed by atoms with Crippen molar-refractivity contribution in [3.05, 3.63) is 33.3 Å². The number of nitrogens with one attached hydrogen (secondary N) is 1. The van der Waals surface area contributed by atoms with Crippen molar-refractivity contribution in [3.63, 3.8) is 0 Å². The molecule has 1 aromatic rings. The average Bonchev–Trinajstić information content (AvgIpc) is 2.17. The molecule has 0 unspecified atom stereocenters. The summed E-state index contributed by atoms with van der Waals surface area (Å²) in [6.07, 6.45) is 0. The van der Waals surface area contributed by atoms with E-state index in [0.717, 1.165) is 0 Å². The third-order valence-electron chi connectivity index (χ3n) is 1.70. The maximum atomic E-state index is 11.1. The van der Waals surface area contributed by atoms with Gasteiger partial charge in [-0.25, -0.2) is 0 Å². The topological polar surface area (TPSA) is 81.5 Å². The standard InChI is InChI=1S/C9H9ClN2O4/c1-16-5-9(13)11-6-2-3-8(12(14)15)7(10)4-6/h2-4H,5H2,1H3,(H,11,13). The van der Waals surface area contributed by atoms with Crippen LogP contribution in [-0.2, 0) is 9.53 Å². The van der Waals surface area contributed by atoms with E-state index in [1.165, 1.54) is 25.3 Å². The molecule has 1 N–H and O–H groups in total. The second-order valence-corrected chi connectivity index (χ2v) is 3.31. The molecule has 1 amide bonds. The minimum absolute atomic E-state index is 0.0276. The number of amides is 1. The summed E-state index contributed by atoms with van der Waals surface area (Å²) in [6, 6.07) is 3.94. The Hall–Kier alpha value is -1.66. The van der Waals surface area contributed by atoms with Gasteiger partial charge < -0.3 is 10.1 Å². The zero-order valence-corrected chi connectivity index (χ0v) is 9.15. The molecule has 0 spiro atoms. The van der Waals surface area contributed by atoms with Gasteiger partial charge in [-0.1, -0.05) is 11.6 Å². The molecule has 0 fully saturated rings. The first-order chi connectivity index (χ1) is 7.54. The fourth-order valence-corrected chi connectivity index (χ4v) is 1.31. The van der Waals surface area contributed by atoms with Crippen LogP contribution in [0, 0.1) is 10.1 Å². The predicted molar refractivity (Wildman–Crippen MR) is 58.6 cm³/mol. The quantitative estimate of drug-likeness (QED) is 0.647. The highest BCUT2D eigenvalue weighted by Crippen LogP contribution is 2.27. The highest BCUT2D eigenvalue weighted by molar-refractivity contribution is 6.33. The van der Waals surface area contributed by atoms with Gasteiger partial charge in [0.2, 0.25) is 5.91 Å². The van der Waals surface area contributed by atoms with Crippen molar-refractivity contribution in [3.8, 4) is 0 Å². The summed E-state index contributed by atoms with van der Waals surface area (Å²) in [5.41, 5.74) is 0.184. The fourth-order valence-electron chi connectivity index (χ4n) is 1.06. The molecule has 1 rings (SSSR count). The van der Waals surface area contributed by atoms with E-state index in [4.69, 9.17) is 11.6 Å². The molecule has 6 nitrogen and oxygen atoms in total. The van der Waals surface area contributed by atoms with Gasteiger partial charge in [0.25, 0.3) is 5.69 Å². The largest absolute Gasteiger partial charge is 0.375 e. The van der Waals surface area contributed by atoms with E-state index in [-0.39, 0.29) is 23.2 Å². The molecule has 0 bridgehead atoms. The number of benzene rings is 1. The van der Waals surface area contributed by atoms with E-state index >= 15 is 0 Å². The van der Waals surface area contributed by atoms with Crippen molar-refractivity contribution >= 4 is 28.9 Å². The van der Waals surface area contributed by atoms with Crippen molar-refractivity contribution < 1.29 is 14.5 Å². The maximum absolute atomic E-state index is 11.1. The first-order valence-corrected chi connectivity index (χ1v) is 4.65. The number of anilines is 1. The van der Waals surface area contributed by atoms with E-state index < -0.39 is 4.92 Å². The first kappa shape index (κ1) is 12.4. The lowest BCUT2D eigenvalue weighted by atomic mass is 10.3. The monoisotopic (exact) mass is 244 g/mol. The van der Waals surface area contributed by atoms with Crippen LogP contribution in [0.3, 0.4) is 0 Å². The second-order valence-electron chi connectivity index (χ2n) is 2.90. The molecule has 0 aliphatic heterocycles. The molecular formula is C9H9ClN2O4. The van der Waals surface area contributed by atoms with E-state index in [9.17, 15) is 14.9 Å². The van der Waals surface area contributed by atoms with E-state index in [1.807, 2.05) is 0 Å². The summed E-state index contributed by atoms with van der Waals surface area (Å²) in [4.78, 5) is 21.0. The lowest BCUT2D eigenvalue weighted by Gasteiger charge is -2.04. The number of hydrogen-bond donors (Lipinski definition) is 1. The Morgan fingerprint density at radius 3 is 2.81 bits per heavy atom. The number of halogens is 1. The smallest absolute Gasteiger partial charge is 0.288 e. The Balaban J connectivity index is 2.81. The number of hydrogen-bond acceptors (Lipinski definition) is 4. The summed E-state index contributed by atoms with van der Waals surface area (Å²) in [5, 5.41) is 12.9. The maximum Gasteiger partial charge on any atom is 0.288 e. The summed E-state index contributed by atoms with van der Waals surface area (Å²) < 4.78 is 4.61. The molecule has 0 saturated carbocycles. The number of nitro benzene ring substituents is 1. The molecule has 0 atom stereocenters. The van der Waals surface area contributed by atoms with Crippen LogP contribution in [0.2, 0.25) is 5.02 Å². The third-order valence-corrected chi connectivity index (χ3v) is 2.01.